The third-order valence-corrected chi connectivity index (χ3v) is 23.1. The van der Waals surface area contributed by atoms with Crippen LogP contribution in [0.4, 0.5) is 17.1 Å². The molecule has 7 N–H and O–H groups in total. The van der Waals surface area contributed by atoms with E-state index in [2.05, 4.69) is 30.1 Å². The monoisotopic (exact) mass is 1450 g/mol. The van der Waals surface area contributed by atoms with Crippen molar-refractivity contribution >= 4 is 109 Å². The minimum absolute atomic E-state index is 0. The van der Waals surface area contributed by atoms with Crippen LogP contribution in [0.5, 0.6) is 0 Å². The van der Waals surface area contributed by atoms with E-state index in [1.807, 2.05) is 25.1 Å². The molecule has 3 aliphatic rings. The zero-order chi connectivity index (χ0) is 70.0. The van der Waals surface area contributed by atoms with Gasteiger partial charge in [-0.1, -0.05) is 128 Å². The number of carbonyl (C=O) groups excluding carboxylic acids is 4. The van der Waals surface area contributed by atoms with E-state index < -0.39 is 120 Å². The summed E-state index contributed by atoms with van der Waals surface area (Å²) in [6.45, 7) is 1.74. The van der Waals surface area contributed by atoms with Crippen molar-refractivity contribution in [2.24, 2.45) is 0 Å². The van der Waals surface area contributed by atoms with E-state index in [9.17, 15) is 74.8 Å². The number of nitrogens with zero attached hydrogens (tertiary/aromatic N) is 3. The summed E-state index contributed by atoms with van der Waals surface area (Å²) in [5, 5.41) is 17.6. The molecule has 0 aromatic heterocycles. The molecule has 0 fully saturated rings. The Kier molecular flexibility index (Phi) is 27.9. The zero-order valence-electron chi connectivity index (χ0n) is 55.7. The Morgan fingerprint density at radius 3 is 1.07 bits per heavy atom. The van der Waals surface area contributed by atoms with Crippen molar-refractivity contribution in [3.63, 3.8) is 0 Å². The van der Waals surface area contributed by atoms with E-state index in [1.165, 1.54) is 44.7 Å². The molecule has 0 spiro atoms. The number of ether oxygens (including phenoxy) is 1. The predicted octanol–water partition coefficient (Wildman–Crippen LogP) is 0.489. The van der Waals surface area contributed by atoms with Gasteiger partial charge in [0.2, 0.25) is 77.9 Å². The number of methoxy groups -OCH3 is 1. The van der Waals surface area contributed by atoms with Crippen molar-refractivity contribution in [1.29, 1.82) is 0 Å². The summed E-state index contributed by atoms with van der Waals surface area (Å²) >= 11 is 0. The number of esters is 1. The first-order valence-corrected chi connectivity index (χ1v) is 39.8. The second-order valence-corrected chi connectivity index (χ2v) is 34.3. The molecular weight excluding hydrogens is 1370 g/mol. The van der Waals surface area contributed by atoms with Crippen LogP contribution in [0.15, 0.2) is 146 Å². The Balaban J connectivity index is 0.000000308. The number of hydrogen-bond acceptors (Lipinski definition) is 18. The number of aliphatic hydroxyl groups excluding tert-OH is 1. The maximum Gasteiger partial charge on any atom is 1.00 e. The molecule has 97 heavy (non-hydrogen) atoms. The number of amides is 3. The smallest absolute Gasteiger partial charge is 1.00 e. The average molecular weight is 1450 g/mol. The number of aliphatic hydroxyl groups is 1. The summed E-state index contributed by atoms with van der Waals surface area (Å²) in [6.07, 6.45) is 3.21. The molecule has 0 saturated heterocycles. The summed E-state index contributed by atoms with van der Waals surface area (Å²) in [5.74, 6) is -3.05. The number of rotatable bonds is 21. The second kappa shape index (κ2) is 33.6. The second-order valence-electron chi connectivity index (χ2n) is 22.8. The Bertz CT molecular complexity index is 4340. The number of sulfonamides is 6. The van der Waals surface area contributed by atoms with E-state index in [0.717, 1.165) is 44.9 Å². The van der Waals surface area contributed by atoms with Crippen LogP contribution in [-0.4, -0.2) is 152 Å². The van der Waals surface area contributed by atoms with Crippen LogP contribution >= 0.6 is 0 Å². The Morgan fingerprint density at radius 1 is 0.495 bits per heavy atom. The zero-order valence-corrected chi connectivity index (χ0v) is 59.6. The molecule has 35 heteroatoms. The maximum absolute atomic E-state index is 12.9. The van der Waals surface area contributed by atoms with E-state index in [-0.39, 0.29) is 83.1 Å². The van der Waals surface area contributed by atoms with Crippen LogP contribution in [0, 0.1) is 0 Å². The summed E-state index contributed by atoms with van der Waals surface area (Å²) in [7, 11) is -16.3. The molecule has 0 bridgehead atoms. The Hall–Kier alpha value is -7.20. The molecule has 27 nitrogen and oxygen atoms in total. The fourth-order valence-corrected chi connectivity index (χ4v) is 17.2. The van der Waals surface area contributed by atoms with Gasteiger partial charge in [0.15, 0.2) is 0 Å². The molecular formula is C62H78BLiN9O18S6. The van der Waals surface area contributed by atoms with Gasteiger partial charge in [0, 0.05) is 48.8 Å². The van der Waals surface area contributed by atoms with Gasteiger partial charge in [-0.25, -0.2) is 69.5 Å². The van der Waals surface area contributed by atoms with Crippen LogP contribution in [0.1, 0.15) is 119 Å². The van der Waals surface area contributed by atoms with Crippen molar-refractivity contribution in [2.75, 3.05) is 77.2 Å². The van der Waals surface area contributed by atoms with Crippen molar-refractivity contribution in [2.45, 2.75) is 75.5 Å². The van der Waals surface area contributed by atoms with E-state index in [0.29, 0.717) is 44.8 Å². The van der Waals surface area contributed by atoms with Crippen LogP contribution in [0.25, 0.3) is 0 Å². The van der Waals surface area contributed by atoms with Crippen molar-refractivity contribution in [3.05, 3.63) is 196 Å². The third kappa shape index (κ3) is 22.2. The fraction of sp³-hybridized carbons (Fsp3) is 0.355. The van der Waals surface area contributed by atoms with Gasteiger partial charge in [-0.15, -0.1) is 0 Å². The predicted molar refractivity (Wildman–Crippen MR) is 367 cm³/mol. The van der Waals surface area contributed by atoms with E-state index in [4.69, 9.17) is 4.74 Å². The molecule has 519 valence electrons. The molecule has 3 amide bonds. The van der Waals surface area contributed by atoms with Gasteiger partial charge in [-0.05, 0) is 75.2 Å². The molecule has 6 aromatic carbocycles. The van der Waals surface area contributed by atoms with Crippen LogP contribution < -0.4 is 61.9 Å². The number of nitrogens with one attached hydrogen (secondary N) is 6. The van der Waals surface area contributed by atoms with Gasteiger partial charge in [0.25, 0.3) is 0 Å². The SMILES string of the molecule is CCc1ccc2c(c1)N(C)S(=O)(=O)CC2NC(=O)CC(NS(C)(=O)=O)c1ccccc1.CN1c2cc(CO)ccc2C(NC(=O)CC(NS(C)(=O)=O)c2ccccc2)CS1(=O)=O.COC(=O)c1ccc2c(c1)N(C)S(=O)(=O)CC2NC(=O)CC(NS(C)(=O)=O)c1ccccc1.[B].[H-].[Li+]. The summed E-state index contributed by atoms with van der Waals surface area (Å²) < 4.78 is 162. The number of carbonyl (C=O) groups is 4. The van der Waals surface area contributed by atoms with Crippen LogP contribution in [-0.2, 0) is 92.3 Å². The standard InChI is InChI=1S/C21H25N3O7S2.C21H27N3O5S2.C20H25N3O6S2.B.Li.H/c1-24-19-11-15(21(26)31-2)9-10-16(19)18(13-33(24,29)30)22-20(25)12-17(23-32(3,27)28)14-7-5-4-6-8-14;1-4-15-10-11-17-19(14-31(28,29)24(2)20(17)12-15)22-21(25)13-18(23-30(3,26)27)16-8-6-5-7-9-16;1-23-19-10-14(12-24)8-9-16(19)18(13-31(23,28)29)21-20(25)11-17(22-30(2,26)27)15-6-4-3-5-7-15;;;/h4-11,17-18,23H,12-13H2,1-3H3,(H,22,25);5-12,18-19,23H,4,13-14H2,1-3H3,(H,22,25);3-10,17-18,22,24H,11-13H2,1-2H3,(H,21,25);;;/q;;;;+1;-1. The molecule has 3 heterocycles. The van der Waals surface area contributed by atoms with Gasteiger partial charge in [-0.2, -0.15) is 0 Å². The summed E-state index contributed by atoms with van der Waals surface area (Å²) in [6, 6.07) is 36.2. The van der Waals surface area contributed by atoms with Crippen molar-refractivity contribution in [1.82, 2.24) is 30.1 Å². The van der Waals surface area contributed by atoms with Gasteiger partial charge in [0.1, 0.15) is 0 Å². The summed E-state index contributed by atoms with van der Waals surface area (Å²) in [4.78, 5) is 50.4. The van der Waals surface area contributed by atoms with Gasteiger partial charge in [-0.3, -0.25) is 27.3 Å². The topological polar surface area (TPSA) is 384 Å². The molecule has 6 unspecified atom stereocenters. The van der Waals surface area contributed by atoms with Crippen molar-refractivity contribution < 1.29 is 99.8 Å². The normalized spacial score (nSPS) is 18.2. The number of benzene rings is 6. The fourth-order valence-electron chi connectivity index (χ4n) is 10.9. The first-order chi connectivity index (χ1) is 44.4. The minimum Gasteiger partial charge on any atom is -1.00 e. The van der Waals surface area contributed by atoms with E-state index in [1.54, 1.807) is 115 Å². The van der Waals surface area contributed by atoms with E-state index >= 15 is 0 Å². The molecule has 0 saturated carbocycles. The number of anilines is 3. The molecule has 3 aliphatic heterocycles. The van der Waals surface area contributed by atoms with Gasteiger partial charge < -0.3 is 27.2 Å². The first kappa shape index (κ1) is 80.5. The number of aryl methyl sites for hydroxylation is 1. The Morgan fingerprint density at radius 2 is 0.784 bits per heavy atom. The Labute approximate surface area is 583 Å². The maximum atomic E-state index is 12.9. The minimum atomic E-state index is -3.77. The molecule has 6 atom stereocenters. The molecule has 6 aromatic rings. The average Bonchev–Trinajstić information content (AvgIpc) is 0.775. The van der Waals surface area contributed by atoms with Gasteiger partial charge >= 0.3 is 24.8 Å². The van der Waals surface area contributed by atoms with Crippen LogP contribution in [0.2, 0.25) is 0 Å². The van der Waals surface area contributed by atoms with Crippen molar-refractivity contribution in [3.8, 4) is 0 Å². The first-order valence-electron chi connectivity index (χ1n) is 29.3. The molecule has 9 rings (SSSR count). The summed E-state index contributed by atoms with van der Waals surface area (Å²) in [5.41, 5.74) is 6.60. The largest absolute Gasteiger partial charge is 1.00 e. The molecule has 3 radical (unpaired) electrons. The number of hydrogen-bond donors (Lipinski definition) is 7. The van der Waals surface area contributed by atoms with Crippen LogP contribution in [0.3, 0.4) is 0 Å². The quantitative estimate of drug-likeness (QED) is 0.0381. The van der Waals surface area contributed by atoms with Gasteiger partial charge in [0.05, 0.1) is 109 Å². The third-order valence-electron chi connectivity index (χ3n) is 15.6. The molecule has 0 aliphatic carbocycles. The number of fused-ring (bicyclic) bond motifs is 3.